The van der Waals surface area contributed by atoms with Crippen LogP contribution < -0.4 is 4.90 Å². The lowest BCUT2D eigenvalue weighted by Crippen LogP contribution is -2.40. The molecule has 0 fully saturated rings. The van der Waals surface area contributed by atoms with E-state index in [1.165, 1.54) is 0 Å². The average Bonchev–Trinajstić information content (AvgIpc) is 2.18. The molecule has 2 rings (SSSR count). The fourth-order valence-corrected chi connectivity index (χ4v) is 4.11. The number of fused-ring (bicyclic) bond motifs is 1. The van der Waals surface area contributed by atoms with Crippen LogP contribution in [0.2, 0.25) is 0 Å². The normalized spacial score (nSPS) is 23.0. The van der Waals surface area contributed by atoms with Gasteiger partial charge in [0.1, 0.15) is 0 Å². The zero-order chi connectivity index (χ0) is 12.1. The highest BCUT2D eigenvalue weighted by atomic mass is 32.2. The molecule has 0 N–H and O–H groups in total. The number of anilines is 1. The maximum atomic E-state index is 12.1. The van der Waals surface area contributed by atoms with Gasteiger partial charge in [-0.25, -0.2) is 8.42 Å². The standard InChI is InChI=1S/C12H17NO2S/c1-8-5-6-11-12(10(8)3)13(4)9(2)7-16(11,14)15/h5-6,9H,7H2,1-4H3. The van der Waals surface area contributed by atoms with Crippen LogP contribution >= 0.6 is 0 Å². The second-order valence-electron chi connectivity index (χ2n) is 4.60. The van der Waals surface area contributed by atoms with Crippen molar-refractivity contribution in [2.45, 2.75) is 31.7 Å². The fraction of sp³-hybridized carbons (Fsp3) is 0.500. The van der Waals surface area contributed by atoms with Crippen molar-refractivity contribution in [3.63, 3.8) is 0 Å². The Hall–Kier alpha value is -1.03. The number of aryl methyl sites for hydroxylation is 1. The van der Waals surface area contributed by atoms with Crippen molar-refractivity contribution in [2.75, 3.05) is 17.7 Å². The second kappa shape index (κ2) is 3.48. The van der Waals surface area contributed by atoms with Gasteiger partial charge in [-0.2, -0.15) is 0 Å². The third-order valence-corrected chi connectivity index (χ3v) is 5.40. The van der Waals surface area contributed by atoms with Gasteiger partial charge >= 0.3 is 0 Å². The molecule has 0 spiro atoms. The minimum Gasteiger partial charge on any atom is -0.370 e. The van der Waals surface area contributed by atoms with E-state index >= 15 is 0 Å². The number of benzene rings is 1. The summed E-state index contributed by atoms with van der Waals surface area (Å²) in [5.74, 6) is 0.207. The lowest BCUT2D eigenvalue weighted by atomic mass is 10.1. The van der Waals surface area contributed by atoms with Crippen molar-refractivity contribution >= 4 is 15.5 Å². The summed E-state index contributed by atoms with van der Waals surface area (Å²) in [6.07, 6.45) is 0. The first-order valence-corrected chi connectivity index (χ1v) is 7.05. The van der Waals surface area contributed by atoms with Gasteiger partial charge in [0.05, 0.1) is 16.3 Å². The summed E-state index contributed by atoms with van der Waals surface area (Å²) < 4.78 is 24.1. The maximum absolute atomic E-state index is 12.1. The molecule has 1 aromatic carbocycles. The Bertz CT molecular complexity index is 534. The average molecular weight is 239 g/mol. The summed E-state index contributed by atoms with van der Waals surface area (Å²) >= 11 is 0. The van der Waals surface area contributed by atoms with E-state index in [1.807, 2.05) is 33.9 Å². The smallest absolute Gasteiger partial charge is 0.182 e. The van der Waals surface area contributed by atoms with E-state index in [0.717, 1.165) is 16.8 Å². The van der Waals surface area contributed by atoms with Crippen LogP contribution in [0.1, 0.15) is 18.1 Å². The van der Waals surface area contributed by atoms with Gasteiger partial charge in [-0.1, -0.05) is 6.07 Å². The summed E-state index contributed by atoms with van der Waals surface area (Å²) in [7, 11) is -1.14. The van der Waals surface area contributed by atoms with Crippen LogP contribution in [0.4, 0.5) is 5.69 Å². The molecule has 1 aliphatic heterocycles. The summed E-state index contributed by atoms with van der Waals surface area (Å²) in [6.45, 7) is 5.94. The van der Waals surface area contributed by atoms with Crippen LogP contribution in [0.5, 0.6) is 0 Å². The first kappa shape index (κ1) is 11.5. The van der Waals surface area contributed by atoms with Crippen molar-refractivity contribution in [1.82, 2.24) is 0 Å². The van der Waals surface area contributed by atoms with Crippen molar-refractivity contribution < 1.29 is 8.42 Å². The summed E-state index contributed by atoms with van der Waals surface area (Å²) in [5.41, 5.74) is 3.07. The van der Waals surface area contributed by atoms with Crippen LogP contribution in [-0.4, -0.2) is 27.3 Å². The molecule has 3 nitrogen and oxygen atoms in total. The van der Waals surface area contributed by atoms with E-state index in [2.05, 4.69) is 4.90 Å². The van der Waals surface area contributed by atoms with Crippen molar-refractivity contribution in [3.05, 3.63) is 23.3 Å². The van der Waals surface area contributed by atoms with Gasteiger partial charge in [-0.3, -0.25) is 0 Å². The Morgan fingerprint density at radius 2 is 1.94 bits per heavy atom. The SMILES string of the molecule is Cc1ccc2c(c1C)N(C)C(C)CS2(=O)=O. The molecule has 0 aromatic heterocycles. The molecule has 88 valence electrons. The Labute approximate surface area is 97.0 Å². The molecule has 0 saturated carbocycles. The molecular formula is C12H17NO2S. The third-order valence-electron chi connectivity index (χ3n) is 3.47. The maximum Gasteiger partial charge on any atom is 0.182 e. The summed E-state index contributed by atoms with van der Waals surface area (Å²) in [4.78, 5) is 2.55. The second-order valence-corrected chi connectivity index (χ2v) is 6.60. The first-order chi connectivity index (χ1) is 7.34. The van der Waals surface area contributed by atoms with Gasteiger partial charge in [0, 0.05) is 13.1 Å². The van der Waals surface area contributed by atoms with Crippen LogP contribution in [0, 0.1) is 13.8 Å². The minimum absolute atomic E-state index is 0.0398. The molecule has 0 saturated heterocycles. The Morgan fingerprint density at radius 3 is 2.56 bits per heavy atom. The van der Waals surface area contributed by atoms with Crippen LogP contribution in [0.25, 0.3) is 0 Å². The van der Waals surface area contributed by atoms with E-state index in [0.29, 0.717) is 4.90 Å². The predicted molar refractivity (Wildman–Crippen MR) is 65.8 cm³/mol. The molecule has 0 radical (unpaired) electrons. The third kappa shape index (κ3) is 1.52. The molecule has 1 unspecified atom stereocenters. The minimum atomic E-state index is -3.11. The number of hydrogen-bond acceptors (Lipinski definition) is 3. The van der Waals surface area contributed by atoms with Crippen molar-refractivity contribution in [3.8, 4) is 0 Å². The summed E-state index contributed by atoms with van der Waals surface area (Å²) in [5, 5.41) is 0. The zero-order valence-corrected chi connectivity index (χ0v) is 10.9. The van der Waals surface area contributed by atoms with Crippen LogP contribution in [-0.2, 0) is 9.84 Å². The number of rotatable bonds is 0. The topological polar surface area (TPSA) is 37.4 Å². The fourth-order valence-electron chi connectivity index (χ4n) is 2.20. The largest absolute Gasteiger partial charge is 0.370 e. The molecule has 0 bridgehead atoms. The molecular weight excluding hydrogens is 222 g/mol. The number of nitrogens with zero attached hydrogens (tertiary/aromatic N) is 1. The highest BCUT2D eigenvalue weighted by Gasteiger charge is 2.32. The quantitative estimate of drug-likeness (QED) is 0.694. The monoisotopic (exact) mass is 239 g/mol. The van der Waals surface area contributed by atoms with E-state index in [1.54, 1.807) is 6.07 Å². The Balaban J connectivity index is 2.79. The van der Waals surface area contributed by atoms with Crippen LogP contribution in [0.15, 0.2) is 17.0 Å². The molecule has 0 aliphatic carbocycles. The van der Waals surface area contributed by atoms with E-state index < -0.39 is 9.84 Å². The number of sulfone groups is 1. The van der Waals surface area contributed by atoms with Gasteiger partial charge in [0.2, 0.25) is 0 Å². The summed E-state index contributed by atoms with van der Waals surface area (Å²) in [6, 6.07) is 3.66. The highest BCUT2D eigenvalue weighted by Crippen LogP contribution is 2.36. The van der Waals surface area contributed by atoms with Gasteiger partial charge in [0.15, 0.2) is 9.84 Å². The Morgan fingerprint density at radius 1 is 1.31 bits per heavy atom. The highest BCUT2D eigenvalue weighted by molar-refractivity contribution is 7.91. The Kier molecular flexibility index (Phi) is 2.49. The first-order valence-electron chi connectivity index (χ1n) is 5.40. The molecule has 1 aliphatic rings. The van der Waals surface area contributed by atoms with Crippen molar-refractivity contribution in [1.29, 1.82) is 0 Å². The molecule has 1 aromatic rings. The van der Waals surface area contributed by atoms with Gasteiger partial charge in [-0.15, -0.1) is 0 Å². The molecule has 0 amide bonds. The molecule has 4 heteroatoms. The van der Waals surface area contributed by atoms with E-state index in [4.69, 9.17) is 0 Å². The van der Waals surface area contributed by atoms with E-state index in [9.17, 15) is 8.42 Å². The number of hydrogen-bond donors (Lipinski definition) is 0. The lowest BCUT2D eigenvalue weighted by molar-refractivity contribution is 0.579. The molecule has 1 heterocycles. The van der Waals surface area contributed by atoms with Gasteiger partial charge in [-0.05, 0) is 38.0 Å². The van der Waals surface area contributed by atoms with Gasteiger partial charge in [0.25, 0.3) is 0 Å². The molecule has 16 heavy (non-hydrogen) atoms. The molecule has 1 atom stereocenters. The zero-order valence-electron chi connectivity index (χ0n) is 10.1. The van der Waals surface area contributed by atoms with Crippen molar-refractivity contribution in [2.24, 2.45) is 0 Å². The van der Waals surface area contributed by atoms with Crippen LogP contribution in [0.3, 0.4) is 0 Å². The van der Waals surface area contributed by atoms with Gasteiger partial charge < -0.3 is 4.90 Å². The predicted octanol–water partition coefficient (Wildman–Crippen LogP) is 1.92. The lowest BCUT2D eigenvalue weighted by Gasteiger charge is -2.35. The van der Waals surface area contributed by atoms with E-state index in [-0.39, 0.29) is 11.8 Å².